The number of benzene rings is 1. The maximum Gasteiger partial charge on any atom is 0.267 e. The highest BCUT2D eigenvalue weighted by molar-refractivity contribution is 5.91. The van der Waals surface area contributed by atoms with Crippen molar-refractivity contribution in [3.8, 4) is 11.5 Å². The number of nitrogens with zero attached hydrogens (tertiary/aromatic N) is 3. The van der Waals surface area contributed by atoms with Crippen LogP contribution >= 0.6 is 0 Å². The van der Waals surface area contributed by atoms with E-state index >= 15 is 0 Å². The molecule has 0 bridgehead atoms. The first kappa shape index (κ1) is 20.5. The molecule has 1 saturated heterocycles. The molecule has 9 nitrogen and oxygen atoms in total. The quantitative estimate of drug-likeness (QED) is 0.687. The average Bonchev–Trinajstić information content (AvgIpc) is 3.15. The highest BCUT2D eigenvalue weighted by Crippen LogP contribution is 2.35. The van der Waals surface area contributed by atoms with Gasteiger partial charge in [0.05, 0.1) is 14.2 Å². The lowest BCUT2D eigenvalue weighted by molar-refractivity contribution is -0.141. The second-order valence-electron chi connectivity index (χ2n) is 7.95. The van der Waals surface area contributed by atoms with E-state index in [1.807, 2.05) is 23.2 Å². The highest BCUT2D eigenvalue weighted by atomic mass is 16.5. The van der Waals surface area contributed by atoms with E-state index in [9.17, 15) is 9.59 Å². The van der Waals surface area contributed by atoms with Crippen molar-refractivity contribution >= 4 is 18.2 Å². The molecule has 2 fully saturated rings. The zero-order valence-corrected chi connectivity index (χ0v) is 17.5. The van der Waals surface area contributed by atoms with Crippen molar-refractivity contribution in [3.05, 3.63) is 23.8 Å². The molecule has 4 rings (SSSR count). The summed E-state index contributed by atoms with van der Waals surface area (Å²) in [6.45, 7) is 0.394. The van der Waals surface area contributed by atoms with Crippen LogP contribution in [0.3, 0.4) is 0 Å². The SMILES string of the molecule is COc1ccc(CCNC(=O)CN2N=CN3NC4CCCCC4C3C2=O)cc1OC. The van der Waals surface area contributed by atoms with Gasteiger partial charge in [0, 0.05) is 18.5 Å². The van der Waals surface area contributed by atoms with Crippen LogP contribution in [0, 0.1) is 5.92 Å². The molecule has 0 spiro atoms. The van der Waals surface area contributed by atoms with Gasteiger partial charge in [0.15, 0.2) is 11.5 Å². The van der Waals surface area contributed by atoms with Gasteiger partial charge in [-0.3, -0.25) is 14.6 Å². The Morgan fingerprint density at radius 2 is 2.03 bits per heavy atom. The summed E-state index contributed by atoms with van der Waals surface area (Å²) in [6, 6.07) is 5.75. The standard InChI is InChI=1S/C21H29N5O4/c1-29-17-8-7-14(11-18(17)30-2)9-10-22-19(27)12-25-21(28)20-15-5-3-4-6-16(15)24-26(20)13-23-25/h7-8,11,13,15-16,20,24H,3-6,9-10,12H2,1-2H3,(H,22,27). The topological polar surface area (TPSA) is 95.5 Å². The molecule has 1 aliphatic carbocycles. The smallest absolute Gasteiger partial charge is 0.267 e. The molecule has 1 aromatic carbocycles. The molecule has 3 aliphatic rings. The van der Waals surface area contributed by atoms with Crippen molar-refractivity contribution in [2.75, 3.05) is 27.3 Å². The number of hydrogen-bond donors (Lipinski definition) is 2. The number of carbonyl (C=O) groups excluding carboxylic acids is 2. The van der Waals surface area contributed by atoms with Gasteiger partial charge < -0.3 is 14.8 Å². The van der Waals surface area contributed by atoms with Gasteiger partial charge in [0.2, 0.25) is 5.91 Å². The van der Waals surface area contributed by atoms with E-state index < -0.39 is 0 Å². The molecule has 0 aromatic heterocycles. The van der Waals surface area contributed by atoms with Gasteiger partial charge in [-0.25, -0.2) is 10.4 Å². The third kappa shape index (κ3) is 4.07. The molecule has 162 valence electrons. The third-order valence-electron chi connectivity index (χ3n) is 6.14. The van der Waals surface area contributed by atoms with Crippen LogP contribution in [0.2, 0.25) is 0 Å². The molecule has 1 saturated carbocycles. The lowest BCUT2D eigenvalue weighted by Crippen LogP contribution is -2.54. The average molecular weight is 415 g/mol. The van der Waals surface area contributed by atoms with Gasteiger partial charge >= 0.3 is 0 Å². The number of ether oxygens (including phenoxy) is 2. The van der Waals surface area contributed by atoms with Crippen LogP contribution in [0.15, 0.2) is 23.3 Å². The number of hydrazone groups is 1. The minimum absolute atomic E-state index is 0.0665. The molecule has 2 amide bonds. The zero-order chi connectivity index (χ0) is 21.1. The Labute approximate surface area is 176 Å². The number of fused-ring (bicyclic) bond motifs is 3. The van der Waals surface area contributed by atoms with Gasteiger partial charge in [0.1, 0.15) is 18.9 Å². The normalized spacial score (nSPS) is 25.0. The third-order valence-corrected chi connectivity index (χ3v) is 6.14. The number of methoxy groups -OCH3 is 2. The Bertz CT molecular complexity index is 830. The zero-order valence-electron chi connectivity index (χ0n) is 17.5. The fourth-order valence-corrected chi connectivity index (χ4v) is 4.60. The predicted molar refractivity (Wildman–Crippen MR) is 111 cm³/mol. The van der Waals surface area contributed by atoms with E-state index in [1.165, 1.54) is 11.4 Å². The Morgan fingerprint density at radius 1 is 1.23 bits per heavy atom. The molecule has 0 radical (unpaired) electrons. The van der Waals surface area contributed by atoms with E-state index in [0.717, 1.165) is 24.8 Å². The van der Waals surface area contributed by atoms with Gasteiger partial charge in [0.25, 0.3) is 5.91 Å². The van der Waals surface area contributed by atoms with E-state index in [-0.39, 0.29) is 30.3 Å². The van der Waals surface area contributed by atoms with Gasteiger partial charge in [-0.15, -0.1) is 0 Å². The van der Waals surface area contributed by atoms with Crippen molar-refractivity contribution in [2.45, 2.75) is 44.2 Å². The van der Waals surface area contributed by atoms with Crippen molar-refractivity contribution in [1.29, 1.82) is 0 Å². The summed E-state index contributed by atoms with van der Waals surface area (Å²) >= 11 is 0. The Hall–Kier alpha value is -2.81. The maximum absolute atomic E-state index is 12.9. The van der Waals surface area contributed by atoms with Gasteiger partial charge in [-0.05, 0) is 37.0 Å². The predicted octanol–water partition coefficient (Wildman–Crippen LogP) is 0.896. The molecule has 30 heavy (non-hydrogen) atoms. The number of nitrogens with one attached hydrogen (secondary N) is 2. The fraction of sp³-hybridized carbons (Fsp3) is 0.571. The summed E-state index contributed by atoms with van der Waals surface area (Å²) in [5.41, 5.74) is 4.41. The van der Waals surface area contributed by atoms with Crippen LogP contribution in [-0.4, -0.2) is 67.6 Å². The molecular weight excluding hydrogens is 386 g/mol. The highest BCUT2D eigenvalue weighted by Gasteiger charge is 2.48. The van der Waals surface area contributed by atoms with Crippen LogP contribution in [0.25, 0.3) is 0 Å². The molecule has 2 heterocycles. The largest absolute Gasteiger partial charge is 0.493 e. The number of rotatable bonds is 7. The summed E-state index contributed by atoms with van der Waals surface area (Å²) in [4.78, 5) is 25.3. The van der Waals surface area contributed by atoms with Crippen LogP contribution in [0.5, 0.6) is 11.5 Å². The fourth-order valence-electron chi connectivity index (χ4n) is 4.60. The Morgan fingerprint density at radius 3 is 2.83 bits per heavy atom. The van der Waals surface area contributed by atoms with E-state index in [4.69, 9.17) is 9.47 Å². The first-order valence-corrected chi connectivity index (χ1v) is 10.5. The number of carbonyl (C=O) groups is 2. The van der Waals surface area contributed by atoms with Gasteiger partial charge in [-0.1, -0.05) is 18.9 Å². The summed E-state index contributed by atoms with van der Waals surface area (Å²) < 4.78 is 10.5. The second-order valence-corrected chi connectivity index (χ2v) is 7.95. The monoisotopic (exact) mass is 415 g/mol. The van der Waals surface area contributed by atoms with Gasteiger partial charge in [-0.2, -0.15) is 5.10 Å². The Kier molecular flexibility index (Phi) is 6.08. The second kappa shape index (κ2) is 8.91. The molecular formula is C21H29N5O4. The number of hydrogen-bond acceptors (Lipinski definition) is 7. The Balaban J connectivity index is 1.28. The first-order chi connectivity index (χ1) is 14.6. The van der Waals surface area contributed by atoms with Crippen LogP contribution < -0.4 is 20.2 Å². The number of hydrazine groups is 1. The molecule has 3 unspecified atom stereocenters. The van der Waals surface area contributed by atoms with E-state index in [1.54, 1.807) is 20.6 Å². The molecule has 2 aliphatic heterocycles. The van der Waals surface area contributed by atoms with Crippen molar-refractivity contribution < 1.29 is 19.1 Å². The minimum atomic E-state index is -0.257. The molecule has 9 heteroatoms. The summed E-state index contributed by atoms with van der Waals surface area (Å²) in [5, 5.41) is 10.2. The number of amides is 2. The summed E-state index contributed by atoms with van der Waals surface area (Å²) in [7, 11) is 3.19. The van der Waals surface area contributed by atoms with E-state index in [2.05, 4.69) is 15.8 Å². The molecule has 3 atom stereocenters. The lowest BCUT2D eigenvalue weighted by Gasteiger charge is -2.32. The van der Waals surface area contributed by atoms with Crippen molar-refractivity contribution in [3.63, 3.8) is 0 Å². The molecule has 2 N–H and O–H groups in total. The van der Waals surface area contributed by atoms with Crippen LogP contribution in [-0.2, 0) is 16.0 Å². The lowest BCUT2D eigenvalue weighted by atomic mass is 9.81. The molecule has 1 aromatic rings. The summed E-state index contributed by atoms with van der Waals surface area (Å²) in [6.07, 6.45) is 6.73. The van der Waals surface area contributed by atoms with Crippen molar-refractivity contribution in [2.24, 2.45) is 11.0 Å². The maximum atomic E-state index is 12.9. The van der Waals surface area contributed by atoms with Crippen LogP contribution in [0.1, 0.15) is 31.2 Å². The van der Waals surface area contributed by atoms with E-state index in [0.29, 0.717) is 30.5 Å². The first-order valence-electron chi connectivity index (χ1n) is 10.5. The summed E-state index contributed by atoms with van der Waals surface area (Å²) in [5.74, 6) is 1.29. The minimum Gasteiger partial charge on any atom is -0.493 e. The van der Waals surface area contributed by atoms with Crippen molar-refractivity contribution in [1.82, 2.24) is 20.8 Å². The van der Waals surface area contributed by atoms with Crippen LogP contribution in [0.4, 0.5) is 0 Å².